The molecular formula is C7H11ClO3. The Labute approximate surface area is 70.9 Å². The number of hydrogen-bond acceptors (Lipinski definition) is 3. The van der Waals surface area contributed by atoms with E-state index in [-0.39, 0.29) is 5.76 Å². The minimum atomic E-state index is -0.653. The van der Waals surface area contributed by atoms with Crippen molar-refractivity contribution in [2.45, 2.75) is 19.4 Å². The highest BCUT2D eigenvalue weighted by atomic mass is 35.5. The number of ether oxygens (including phenoxy) is 2. The molecule has 3 nitrogen and oxygen atoms in total. The molecule has 0 aliphatic rings. The van der Waals surface area contributed by atoms with Gasteiger partial charge < -0.3 is 9.47 Å². The van der Waals surface area contributed by atoms with Gasteiger partial charge in [-0.1, -0.05) is 11.6 Å². The van der Waals surface area contributed by atoms with Crippen LogP contribution in [0, 0.1) is 0 Å². The quantitative estimate of drug-likeness (QED) is 0.284. The van der Waals surface area contributed by atoms with Gasteiger partial charge in [0, 0.05) is 0 Å². The summed E-state index contributed by atoms with van der Waals surface area (Å²) in [6, 6.07) is 0. The third-order valence-electron chi connectivity index (χ3n) is 0.816. The van der Waals surface area contributed by atoms with Gasteiger partial charge >= 0.3 is 5.97 Å². The molecule has 0 spiro atoms. The first kappa shape index (κ1) is 10.3. The van der Waals surface area contributed by atoms with Gasteiger partial charge in [0.05, 0.1) is 6.61 Å². The maximum atomic E-state index is 10.8. The SMILES string of the molecule is C=C(OCC)C(=O)OC(C)Cl. The summed E-state index contributed by atoms with van der Waals surface area (Å²) in [5, 5.41) is 0. The predicted octanol–water partition coefficient (Wildman–Crippen LogP) is 1.66. The summed E-state index contributed by atoms with van der Waals surface area (Å²) < 4.78 is 9.34. The van der Waals surface area contributed by atoms with Crippen molar-refractivity contribution in [3.8, 4) is 0 Å². The van der Waals surface area contributed by atoms with E-state index in [1.807, 2.05) is 0 Å². The molecule has 1 atom stereocenters. The van der Waals surface area contributed by atoms with Gasteiger partial charge in [-0.2, -0.15) is 0 Å². The fraction of sp³-hybridized carbons (Fsp3) is 0.571. The summed E-state index contributed by atoms with van der Waals surface area (Å²) in [6.45, 7) is 7.03. The summed E-state index contributed by atoms with van der Waals surface area (Å²) in [5.74, 6) is -0.630. The molecule has 0 bridgehead atoms. The van der Waals surface area contributed by atoms with Crippen LogP contribution in [0.15, 0.2) is 12.3 Å². The number of alkyl halides is 1. The number of rotatable bonds is 4. The van der Waals surface area contributed by atoms with Crippen molar-refractivity contribution in [1.29, 1.82) is 0 Å². The topological polar surface area (TPSA) is 35.5 Å². The first-order chi connectivity index (χ1) is 5.07. The first-order valence-electron chi connectivity index (χ1n) is 3.24. The predicted molar refractivity (Wildman–Crippen MR) is 42.2 cm³/mol. The van der Waals surface area contributed by atoms with Gasteiger partial charge in [-0.05, 0) is 20.4 Å². The van der Waals surface area contributed by atoms with Crippen molar-refractivity contribution >= 4 is 17.6 Å². The van der Waals surface area contributed by atoms with Gasteiger partial charge in [-0.3, -0.25) is 0 Å². The summed E-state index contributed by atoms with van der Waals surface area (Å²) >= 11 is 5.38. The van der Waals surface area contributed by atoms with Gasteiger partial charge in [0.25, 0.3) is 0 Å². The molecule has 0 saturated carbocycles. The molecule has 0 N–H and O–H groups in total. The lowest BCUT2D eigenvalue weighted by molar-refractivity contribution is -0.144. The van der Waals surface area contributed by atoms with Crippen LogP contribution in [0.5, 0.6) is 0 Å². The van der Waals surface area contributed by atoms with E-state index in [1.165, 1.54) is 0 Å². The molecule has 0 saturated heterocycles. The van der Waals surface area contributed by atoms with Crippen molar-refractivity contribution in [3.05, 3.63) is 12.3 Å². The van der Waals surface area contributed by atoms with Gasteiger partial charge in [-0.25, -0.2) is 4.79 Å². The molecule has 64 valence electrons. The molecule has 0 rings (SSSR count). The lowest BCUT2D eigenvalue weighted by Crippen LogP contribution is -2.13. The van der Waals surface area contributed by atoms with Crippen LogP contribution in [0.2, 0.25) is 0 Å². The second kappa shape index (κ2) is 5.02. The molecule has 0 aliphatic carbocycles. The van der Waals surface area contributed by atoms with E-state index < -0.39 is 11.5 Å². The fourth-order valence-corrected chi connectivity index (χ4v) is 0.527. The lowest BCUT2D eigenvalue weighted by atomic mass is 10.5. The second-order valence-corrected chi connectivity index (χ2v) is 2.42. The van der Waals surface area contributed by atoms with Crippen LogP contribution in [-0.2, 0) is 14.3 Å². The Morgan fingerprint density at radius 2 is 2.27 bits per heavy atom. The molecule has 0 aromatic carbocycles. The highest BCUT2D eigenvalue weighted by Crippen LogP contribution is 2.02. The first-order valence-corrected chi connectivity index (χ1v) is 3.68. The van der Waals surface area contributed by atoms with E-state index in [0.717, 1.165) is 0 Å². The third kappa shape index (κ3) is 4.67. The van der Waals surface area contributed by atoms with E-state index >= 15 is 0 Å². The summed E-state index contributed by atoms with van der Waals surface area (Å²) in [7, 11) is 0. The molecule has 0 radical (unpaired) electrons. The van der Waals surface area contributed by atoms with Crippen LogP contribution in [0.25, 0.3) is 0 Å². The minimum Gasteiger partial charge on any atom is -0.487 e. The maximum absolute atomic E-state index is 10.8. The molecule has 0 fully saturated rings. The monoisotopic (exact) mass is 178 g/mol. The van der Waals surface area contributed by atoms with Crippen molar-refractivity contribution in [1.82, 2.24) is 0 Å². The van der Waals surface area contributed by atoms with E-state index in [9.17, 15) is 4.79 Å². The van der Waals surface area contributed by atoms with E-state index in [0.29, 0.717) is 6.61 Å². The van der Waals surface area contributed by atoms with Crippen molar-refractivity contribution in [3.63, 3.8) is 0 Å². The third-order valence-corrected chi connectivity index (χ3v) is 0.905. The second-order valence-electron chi connectivity index (χ2n) is 1.80. The Morgan fingerprint density at radius 3 is 2.64 bits per heavy atom. The Morgan fingerprint density at radius 1 is 1.73 bits per heavy atom. The van der Waals surface area contributed by atoms with Crippen LogP contribution >= 0.6 is 11.6 Å². The smallest absolute Gasteiger partial charge is 0.374 e. The average Bonchev–Trinajstić information content (AvgIpc) is 1.86. The molecule has 4 heteroatoms. The molecule has 11 heavy (non-hydrogen) atoms. The van der Waals surface area contributed by atoms with Crippen LogP contribution in [0.1, 0.15) is 13.8 Å². The zero-order valence-corrected chi connectivity index (χ0v) is 7.35. The number of carbonyl (C=O) groups excluding carboxylic acids is 1. The fourth-order valence-electron chi connectivity index (χ4n) is 0.446. The lowest BCUT2D eigenvalue weighted by Gasteiger charge is -2.07. The normalized spacial score (nSPS) is 11.9. The van der Waals surface area contributed by atoms with E-state index in [1.54, 1.807) is 13.8 Å². The van der Waals surface area contributed by atoms with Gasteiger partial charge in [-0.15, -0.1) is 0 Å². The van der Waals surface area contributed by atoms with Crippen LogP contribution in [-0.4, -0.2) is 18.1 Å². The molecule has 0 heterocycles. The number of hydrogen-bond donors (Lipinski definition) is 0. The van der Waals surface area contributed by atoms with Gasteiger partial charge in [0.1, 0.15) is 0 Å². The molecule has 0 amide bonds. The standard InChI is InChI=1S/C7H11ClO3/c1-4-10-5(2)7(9)11-6(3)8/h6H,2,4H2,1,3H3. The summed E-state index contributed by atoms with van der Waals surface area (Å²) in [6.07, 6.45) is 0. The van der Waals surface area contributed by atoms with Crippen molar-refractivity contribution in [2.75, 3.05) is 6.61 Å². The molecule has 0 aromatic rings. The summed E-state index contributed by atoms with van der Waals surface area (Å²) in [4.78, 5) is 10.8. The Hall–Kier alpha value is -0.700. The largest absolute Gasteiger partial charge is 0.487 e. The zero-order valence-electron chi connectivity index (χ0n) is 6.59. The minimum absolute atomic E-state index is 0.0139. The molecule has 0 aliphatic heterocycles. The zero-order chi connectivity index (χ0) is 8.85. The van der Waals surface area contributed by atoms with Crippen LogP contribution < -0.4 is 0 Å². The van der Waals surface area contributed by atoms with Crippen molar-refractivity contribution in [2.24, 2.45) is 0 Å². The maximum Gasteiger partial charge on any atom is 0.374 e. The van der Waals surface area contributed by atoms with Crippen LogP contribution in [0.3, 0.4) is 0 Å². The van der Waals surface area contributed by atoms with E-state index in [2.05, 4.69) is 11.3 Å². The Kier molecular flexibility index (Phi) is 4.70. The van der Waals surface area contributed by atoms with Crippen molar-refractivity contribution < 1.29 is 14.3 Å². The number of esters is 1. The molecular weight excluding hydrogens is 168 g/mol. The highest BCUT2D eigenvalue weighted by molar-refractivity contribution is 6.20. The average molecular weight is 179 g/mol. The van der Waals surface area contributed by atoms with Gasteiger partial charge in [0.2, 0.25) is 0 Å². The van der Waals surface area contributed by atoms with Gasteiger partial charge in [0.15, 0.2) is 11.3 Å². The Bertz CT molecular complexity index is 154. The number of carbonyl (C=O) groups is 1. The highest BCUT2D eigenvalue weighted by Gasteiger charge is 2.11. The summed E-state index contributed by atoms with van der Waals surface area (Å²) in [5.41, 5.74) is -0.653. The Balaban J connectivity index is 3.74. The van der Waals surface area contributed by atoms with Crippen LogP contribution in [0.4, 0.5) is 0 Å². The number of halogens is 1. The molecule has 1 unspecified atom stereocenters. The van der Waals surface area contributed by atoms with E-state index in [4.69, 9.17) is 16.3 Å². The molecule has 0 aromatic heterocycles.